The Bertz CT molecular complexity index is 778. The predicted octanol–water partition coefficient (Wildman–Crippen LogP) is 2.48. The van der Waals surface area contributed by atoms with Crippen LogP contribution in [0.2, 0.25) is 0 Å². The number of ether oxygens (including phenoxy) is 2. The van der Waals surface area contributed by atoms with Gasteiger partial charge in [0.2, 0.25) is 5.91 Å². The molecule has 1 heterocycles. The van der Waals surface area contributed by atoms with Crippen LogP contribution in [0.25, 0.3) is 0 Å². The Balaban J connectivity index is 1.44. The lowest BCUT2D eigenvalue weighted by Gasteiger charge is -2.26. The van der Waals surface area contributed by atoms with E-state index in [0.29, 0.717) is 31.1 Å². The van der Waals surface area contributed by atoms with Gasteiger partial charge in [-0.25, -0.2) is 0 Å². The Labute approximate surface area is 144 Å². The van der Waals surface area contributed by atoms with Crippen LogP contribution in [0.5, 0.6) is 11.5 Å². The number of non-ortho nitro benzene ring substituents is 1. The maximum atomic E-state index is 12.0. The number of rotatable bonds is 6. The van der Waals surface area contributed by atoms with E-state index in [9.17, 15) is 14.9 Å². The maximum Gasteiger partial charge on any atom is 0.269 e. The first kappa shape index (κ1) is 16.8. The zero-order valence-corrected chi connectivity index (χ0v) is 13.5. The third-order valence-electron chi connectivity index (χ3n) is 3.86. The number of para-hydroxylation sites is 2. The second-order valence-electron chi connectivity index (χ2n) is 5.73. The molecule has 0 spiro atoms. The van der Waals surface area contributed by atoms with Gasteiger partial charge in [0.05, 0.1) is 11.5 Å². The summed E-state index contributed by atoms with van der Waals surface area (Å²) in [6, 6.07) is 13.7. The lowest BCUT2D eigenvalue weighted by Crippen LogP contribution is -2.40. The molecule has 0 aliphatic carbocycles. The molecule has 0 bridgehead atoms. The van der Waals surface area contributed by atoms with Crippen molar-refractivity contribution in [3.05, 3.63) is 64.2 Å². The van der Waals surface area contributed by atoms with E-state index in [2.05, 4.69) is 5.32 Å². The van der Waals surface area contributed by atoms with E-state index < -0.39 is 4.92 Å². The van der Waals surface area contributed by atoms with Crippen molar-refractivity contribution in [3.8, 4) is 11.5 Å². The number of nitro groups is 1. The fraction of sp³-hybridized carbons (Fsp3) is 0.278. The topological polar surface area (TPSA) is 90.7 Å². The summed E-state index contributed by atoms with van der Waals surface area (Å²) < 4.78 is 11.4. The molecule has 130 valence electrons. The highest BCUT2D eigenvalue weighted by atomic mass is 16.6. The van der Waals surface area contributed by atoms with Gasteiger partial charge >= 0.3 is 0 Å². The molecule has 3 rings (SSSR count). The molecule has 7 heteroatoms. The normalized spacial score (nSPS) is 15.4. The van der Waals surface area contributed by atoms with Gasteiger partial charge in [-0.15, -0.1) is 0 Å². The second kappa shape index (κ2) is 7.65. The van der Waals surface area contributed by atoms with Crippen molar-refractivity contribution in [2.24, 2.45) is 0 Å². The lowest BCUT2D eigenvalue weighted by molar-refractivity contribution is -0.384. The second-order valence-corrected chi connectivity index (χ2v) is 5.73. The number of nitro benzene ring substituents is 1. The molecule has 0 saturated heterocycles. The van der Waals surface area contributed by atoms with Gasteiger partial charge in [0, 0.05) is 18.6 Å². The highest BCUT2D eigenvalue weighted by Crippen LogP contribution is 2.30. The Kier molecular flexibility index (Phi) is 5.13. The van der Waals surface area contributed by atoms with Gasteiger partial charge in [-0.3, -0.25) is 14.9 Å². The van der Waals surface area contributed by atoms with E-state index in [4.69, 9.17) is 9.47 Å². The minimum atomic E-state index is -0.443. The van der Waals surface area contributed by atoms with E-state index in [0.717, 1.165) is 5.56 Å². The van der Waals surface area contributed by atoms with Crippen LogP contribution in [0.3, 0.4) is 0 Å². The van der Waals surface area contributed by atoms with Gasteiger partial charge in [0.15, 0.2) is 11.5 Å². The van der Waals surface area contributed by atoms with Crippen molar-refractivity contribution < 1.29 is 19.2 Å². The number of nitrogens with zero attached hydrogens (tertiary/aromatic N) is 1. The molecule has 1 aliphatic rings. The van der Waals surface area contributed by atoms with Crippen molar-refractivity contribution in [2.45, 2.75) is 18.9 Å². The molecule has 0 radical (unpaired) electrons. The molecule has 1 N–H and O–H groups in total. The Morgan fingerprint density at radius 1 is 1.20 bits per heavy atom. The lowest BCUT2D eigenvalue weighted by atomic mass is 10.1. The molecule has 0 aromatic heterocycles. The summed E-state index contributed by atoms with van der Waals surface area (Å²) in [7, 11) is 0. The average molecular weight is 342 g/mol. The van der Waals surface area contributed by atoms with Crippen LogP contribution in [0.1, 0.15) is 12.0 Å². The highest BCUT2D eigenvalue weighted by molar-refractivity contribution is 5.76. The molecule has 0 saturated carbocycles. The number of hydrogen-bond donors (Lipinski definition) is 1. The van der Waals surface area contributed by atoms with Crippen molar-refractivity contribution in [1.29, 1.82) is 0 Å². The number of fused-ring (bicyclic) bond motifs is 1. The van der Waals surface area contributed by atoms with Gasteiger partial charge < -0.3 is 14.8 Å². The number of aryl methyl sites for hydroxylation is 1. The summed E-state index contributed by atoms with van der Waals surface area (Å²) in [6.45, 7) is 0.726. The molecular formula is C18H18N2O5. The fourth-order valence-electron chi connectivity index (χ4n) is 2.56. The number of nitrogens with one attached hydrogen (secondary N) is 1. The van der Waals surface area contributed by atoms with Crippen LogP contribution in [0.4, 0.5) is 5.69 Å². The smallest absolute Gasteiger partial charge is 0.269 e. The zero-order valence-electron chi connectivity index (χ0n) is 13.5. The number of benzene rings is 2. The maximum absolute atomic E-state index is 12.0. The summed E-state index contributed by atoms with van der Waals surface area (Å²) in [5, 5.41) is 13.6. The first-order valence-electron chi connectivity index (χ1n) is 8.00. The molecule has 0 fully saturated rings. The average Bonchev–Trinajstić information content (AvgIpc) is 2.64. The van der Waals surface area contributed by atoms with Crippen molar-refractivity contribution in [2.75, 3.05) is 13.2 Å². The molecule has 7 nitrogen and oxygen atoms in total. The Morgan fingerprint density at radius 3 is 2.80 bits per heavy atom. The van der Waals surface area contributed by atoms with Crippen LogP contribution in [-0.4, -0.2) is 30.1 Å². The monoisotopic (exact) mass is 342 g/mol. The predicted molar refractivity (Wildman–Crippen MR) is 90.8 cm³/mol. The van der Waals surface area contributed by atoms with Crippen LogP contribution < -0.4 is 14.8 Å². The van der Waals surface area contributed by atoms with Gasteiger partial charge in [-0.2, -0.15) is 0 Å². The summed E-state index contributed by atoms with van der Waals surface area (Å²) in [5.41, 5.74) is 0.792. The minimum Gasteiger partial charge on any atom is -0.486 e. The minimum absolute atomic E-state index is 0.0318. The van der Waals surface area contributed by atoms with Crippen LogP contribution in [0, 0.1) is 10.1 Å². The molecule has 1 unspecified atom stereocenters. The van der Waals surface area contributed by atoms with Gasteiger partial charge in [-0.1, -0.05) is 24.3 Å². The highest BCUT2D eigenvalue weighted by Gasteiger charge is 2.20. The molecule has 1 aliphatic heterocycles. The quantitative estimate of drug-likeness (QED) is 0.643. The van der Waals surface area contributed by atoms with E-state index in [1.54, 1.807) is 12.1 Å². The number of hydrogen-bond acceptors (Lipinski definition) is 5. The van der Waals surface area contributed by atoms with E-state index in [-0.39, 0.29) is 24.1 Å². The summed E-state index contributed by atoms with van der Waals surface area (Å²) in [6.07, 6.45) is 0.459. The molecule has 1 amide bonds. The van der Waals surface area contributed by atoms with Crippen LogP contribution in [-0.2, 0) is 11.2 Å². The molecule has 1 atom stereocenters. The largest absolute Gasteiger partial charge is 0.486 e. The van der Waals surface area contributed by atoms with Gasteiger partial charge in [-0.05, 0) is 24.1 Å². The third kappa shape index (κ3) is 4.47. The Morgan fingerprint density at radius 2 is 2.00 bits per heavy atom. The van der Waals surface area contributed by atoms with Gasteiger partial charge in [0.1, 0.15) is 12.7 Å². The standard InChI is InChI=1S/C18H18N2O5/c21-18(9-8-13-4-3-5-14(10-13)20(22)23)19-11-15-12-24-16-6-1-2-7-17(16)25-15/h1-7,10,15H,8-9,11-12H2,(H,19,21). The molecular weight excluding hydrogens is 324 g/mol. The van der Waals surface area contributed by atoms with E-state index >= 15 is 0 Å². The first-order chi connectivity index (χ1) is 12.1. The SMILES string of the molecule is O=C(CCc1cccc([N+](=O)[O-])c1)NCC1COc2ccccc2O1. The van der Waals surface area contributed by atoms with Crippen LogP contribution >= 0.6 is 0 Å². The molecule has 25 heavy (non-hydrogen) atoms. The molecule has 2 aromatic carbocycles. The first-order valence-corrected chi connectivity index (χ1v) is 8.00. The summed E-state index contributed by atoms with van der Waals surface area (Å²) in [4.78, 5) is 22.3. The Hall–Kier alpha value is -3.09. The third-order valence-corrected chi connectivity index (χ3v) is 3.86. The zero-order chi connectivity index (χ0) is 17.6. The van der Waals surface area contributed by atoms with Crippen molar-refractivity contribution in [1.82, 2.24) is 5.32 Å². The number of carbonyl (C=O) groups is 1. The molecule has 2 aromatic rings. The number of amides is 1. The van der Waals surface area contributed by atoms with Gasteiger partial charge in [0.25, 0.3) is 5.69 Å². The van der Waals surface area contributed by atoms with Crippen LogP contribution in [0.15, 0.2) is 48.5 Å². The van der Waals surface area contributed by atoms with E-state index in [1.165, 1.54) is 12.1 Å². The van der Waals surface area contributed by atoms with Crippen molar-refractivity contribution >= 4 is 11.6 Å². The summed E-state index contributed by atoms with van der Waals surface area (Å²) >= 11 is 0. The van der Waals surface area contributed by atoms with Crippen molar-refractivity contribution in [3.63, 3.8) is 0 Å². The summed E-state index contributed by atoms with van der Waals surface area (Å²) in [5.74, 6) is 1.24. The van der Waals surface area contributed by atoms with E-state index in [1.807, 2.05) is 24.3 Å². The fourth-order valence-corrected chi connectivity index (χ4v) is 2.56. The number of carbonyl (C=O) groups excluding carboxylic acids is 1.